The van der Waals surface area contributed by atoms with Crippen LogP contribution in [0.3, 0.4) is 0 Å². The standard InChI is InChI=1S/C10H21NO2/c1-8(2)13-10(6-11,7-12-3)9-4-5-9/h8-9H,4-7,11H2,1-3H3. The molecular weight excluding hydrogens is 166 g/mol. The highest BCUT2D eigenvalue weighted by Gasteiger charge is 2.46. The second-order valence-electron chi connectivity index (χ2n) is 4.14. The van der Waals surface area contributed by atoms with Crippen molar-refractivity contribution < 1.29 is 9.47 Å². The Labute approximate surface area is 80.6 Å². The molecular formula is C10H21NO2. The first-order valence-corrected chi connectivity index (χ1v) is 5.01. The van der Waals surface area contributed by atoms with Crippen molar-refractivity contribution in [1.29, 1.82) is 0 Å². The van der Waals surface area contributed by atoms with Crippen LogP contribution in [0.5, 0.6) is 0 Å². The first-order chi connectivity index (χ1) is 6.14. The molecule has 1 atom stereocenters. The third-order valence-corrected chi connectivity index (χ3v) is 2.53. The maximum Gasteiger partial charge on any atom is 0.107 e. The summed E-state index contributed by atoms with van der Waals surface area (Å²) < 4.78 is 11.1. The van der Waals surface area contributed by atoms with E-state index in [-0.39, 0.29) is 11.7 Å². The largest absolute Gasteiger partial charge is 0.382 e. The van der Waals surface area contributed by atoms with E-state index in [0.717, 1.165) is 0 Å². The van der Waals surface area contributed by atoms with Crippen LogP contribution in [0.25, 0.3) is 0 Å². The van der Waals surface area contributed by atoms with Crippen LogP contribution in [0.1, 0.15) is 26.7 Å². The van der Waals surface area contributed by atoms with Crippen molar-refractivity contribution in [3.63, 3.8) is 0 Å². The molecule has 0 heterocycles. The molecule has 0 spiro atoms. The van der Waals surface area contributed by atoms with Gasteiger partial charge in [-0.1, -0.05) is 0 Å². The van der Waals surface area contributed by atoms with Gasteiger partial charge in [-0.25, -0.2) is 0 Å². The van der Waals surface area contributed by atoms with E-state index in [1.54, 1.807) is 7.11 Å². The zero-order valence-electron chi connectivity index (χ0n) is 8.88. The molecule has 1 fully saturated rings. The number of rotatable bonds is 6. The SMILES string of the molecule is COCC(CN)(OC(C)C)C1CC1. The molecule has 1 unspecified atom stereocenters. The minimum absolute atomic E-state index is 0.219. The van der Waals surface area contributed by atoms with Crippen molar-refractivity contribution in [2.24, 2.45) is 11.7 Å². The lowest BCUT2D eigenvalue weighted by Crippen LogP contribution is -2.48. The molecule has 1 aliphatic carbocycles. The zero-order valence-corrected chi connectivity index (χ0v) is 8.88. The van der Waals surface area contributed by atoms with Crippen molar-refractivity contribution in [2.75, 3.05) is 20.3 Å². The van der Waals surface area contributed by atoms with Crippen LogP contribution in [-0.2, 0) is 9.47 Å². The summed E-state index contributed by atoms with van der Waals surface area (Å²) in [5.41, 5.74) is 5.56. The Morgan fingerprint density at radius 2 is 2.08 bits per heavy atom. The molecule has 1 rings (SSSR count). The van der Waals surface area contributed by atoms with Gasteiger partial charge in [0.25, 0.3) is 0 Å². The number of methoxy groups -OCH3 is 1. The van der Waals surface area contributed by atoms with Crippen LogP contribution in [-0.4, -0.2) is 32.0 Å². The van der Waals surface area contributed by atoms with Gasteiger partial charge in [-0.15, -0.1) is 0 Å². The molecule has 2 N–H and O–H groups in total. The summed E-state index contributed by atoms with van der Waals surface area (Å²) in [5, 5.41) is 0. The molecule has 0 bridgehead atoms. The van der Waals surface area contributed by atoms with Gasteiger partial charge < -0.3 is 15.2 Å². The fourth-order valence-corrected chi connectivity index (χ4v) is 1.84. The molecule has 0 aromatic heterocycles. The van der Waals surface area contributed by atoms with Crippen molar-refractivity contribution >= 4 is 0 Å². The van der Waals surface area contributed by atoms with E-state index in [1.165, 1.54) is 12.8 Å². The smallest absolute Gasteiger partial charge is 0.107 e. The van der Waals surface area contributed by atoms with Crippen LogP contribution < -0.4 is 5.73 Å². The number of nitrogens with two attached hydrogens (primary N) is 1. The zero-order chi connectivity index (χ0) is 9.90. The fourth-order valence-electron chi connectivity index (χ4n) is 1.84. The fraction of sp³-hybridized carbons (Fsp3) is 1.00. The number of ether oxygens (including phenoxy) is 2. The van der Waals surface area contributed by atoms with Gasteiger partial charge in [0.15, 0.2) is 0 Å². The lowest BCUT2D eigenvalue weighted by molar-refractivity contribution is -0.123. The van der Waals surface area contributed by atoms with Crippen LogP contribution in [0.15, 0.2) is 0 Å². The molecule has 0 saturated heterocycles. The molecule has 1 aliphatic rings. The predicted octanol–water partition coefficient (Wildman–Crippen LogP) is 1.17. The Morgan fingerprint density at radius 3 is 2.38 bits per heavy atom. The third kappa shape index (κ3) is 2.66. The highest BCUT2D eigenvalue weighted by atomic mass is 16.5. The molecule has 1 saturated carbocycles. The van der Waals surface area contributed by atoms with Crippen LogP contribution in [0.2, 0.25) is 0 Å². The molecule has 3 heteroatoms. The van der Waals surface area contributed by atoms with E-state index in [0.29, 0.717) is 19.1 Å². The van der Waals surface area contributed by atoms with Crippen molar-refractivity contribution in [1.82, 2.24) is 0 Å². The predicted molar refractivity (Wildman–Crippen MR) is 52.6 cm³/mol. The summed E-state index contributed by atoms with van der Waals surface area (Å²) >= 11 is 0. The Morgan fingerprint density at radius 1 is 1.46 bits per heavy atom. The normalized spacial score (nSPS) is 21.9. The minimum atomic E-state index is -0.219. The van der Waals surface area contributed by atoms with E-state index >= 15 is 0 Å². The lowest BCUT2D eigenvalue weighted by atomic mass is 9.98. The van der Waals surface area contributed by atoms with E-state index < -0.39 is 0 Å². The van der Waals surface area contributed by atoms with Gasteiger partial charge in [-0.05, 0) is 32.6 Å². The molecule has 0 aliphatic heterocycles. The second kappa shape index (κ2) is 4.40. The van der Waals surface area contributed by atoms with Crippen molar-refractivity contribution in [2.45, 2.75) is 38.4 Å². The van der Waals surface area contributed by atoms with Gasteiger partial charge in [-0.2, -0.15) is 0 Å². The number of hydrogen-bond acceptors (Lipinski definition) is 3. The molecule has 0 amide bonds. The highest BCUT2D eigenvalue weighted by molar-refractivity contribution is 4.97. The lowest BCUT2D eigenvalue weighted by Gasteiger charge is -2.34. The van der Waals surface area contributed by atoms with Crippen molar-refractivity contribution in [3.8, 4) is 0 Å². The average molecular weight is 187 g/mol. The molecule has 3 nitrogen and oxygen atoms in total. The van der Waals surface area contributed by atoms with Crippen LogP contribution in [0, 0.1) is 5.92 Å². The van der Waals surface area contributed by atoms with E-state index in [4.69, 9.17) is 15.2 Å². The average Bonchev–Trinajstić information content (AvgIpc) is 2.85. The summed E-state index contributed by atoms with van der Waals surface area (Å²) in [4.78, 5) is 0. The molecule has 0 aromatic carbocycles. The summed E-state index contributed by atoms with van der Waals surface area (Å²) in [6.45, 7) is 5.26. The first-order valence-electron chi connectivity index (χ1n) is 5.01. The Kier molecular flexibility index (Phi) is 3.71. The molecule has 78 valence electrons. The Balaban J connectivity index is 2.57. The van der Waals surface area contributed by atoms with Gasteiger partial charge in [-0.3, -0.25) is 0 Å². The third-order valence-electron chi connectivity index (χ3n) is 2.53. The van der Waals surface area contributed by atoms with Gasteiger partial charge in [0.2, 0.25) is 0 Å². The van der Waals surface area contributed by atoms with Crippen LogP contribution in [0.4, 0.5) is 0 Å². The quantitative estimate of drug-likeness (QED) is 0.678. The first kappa shape index (κ1) is 11.0. The van der Waals surface area contributed by atoms with Crippen LogP contribution >= 0.6 is 0 Å². The second-order valence-corrected chi connectivity index (χ2v) is 4.14. The van der Waals surface area contributed by atoms with E-state index in [2.05, 4.69) is 0 Å². The van der Waals surface area contributed by atoms with Gasteiger partial charge in [0, 0.05) is 13.7 Å². The van der Waals surface area contributed by atoms with E-state index in [9.17, 15) is 0 Å². The maximum atomic E-state index is 5.90. The van der Waals surface area contributed by atoms with Gasteiger partial charge in [0.05, 0.1) is 12.7 Å². The topological polar surface area (TPSA) is 44.5 Å². The highest BCUT2D eigenvalue weighted by Crippen LogP contribution is 2.42. The maximum absolute atomic E-state index is 5.90. The monoisotopic (exact) mass is 187 g/mol. The van der Waals surface area contributed by atoms with Crippen molar-refractivity contribution in [3.05, 3.63) is 0 Å². The van der Waals surface area contributed by atoms with Gasteiger partial charge >= 0.3 is 0 Å². The number of hydrogen-bond donors (Lipinski definition) is 1. The Hall–Kier alpha value is -0.120. The molecule has 13 heavy (non-hydrogen) atoms. The summed E-state index contributed by atoms with van der Waals surface area (Å²) in [7, 11) is 1.70. The summed E-state index contributed by atoms with van der Waals surface area (Å²) in [6, 6.07) is 0. The summed E-state index contributed by atoms with van der Waals surface area (Å²) in [5.74, 6) is 0.611. The molecule has 0 aromatic rings. The molecule has 0 radical (unpaired) electrons. The van der Waals surface area contributed by atoms with E-state index in [1.807, 2.05) is 13.8 Å². The van der Waals surface area contributed by atoms with Gasteiger partial charge in [0.1, 0.15) is 5.60 Å². The Bertz CT molecular complexity index is 157. The summed E-state index contributed by atoms with van der Waals surface area (Å²) in [6.07, 6.45) is 2.68. The minimum Gasteiger partial charge on any atom is -0.382 e.